The number of imidazole rings is 1. The van der Waals surface area contributed by atoms with E-state index >= 15 is 0 Å². The Morgan fingerprint density at radius 2 is 2.17 bits per heavy atom. The maximum absolute atomic E-state index is 5.16. The van der Waals surface area contributed by atoms with Crippen molar-refractivity contribution in [2.75, 3.05) is 19.0 Å². The molecule has 1 rings (SSSR count). The Labute approximate surface area is 111 Å². The van der Waals surface area contributed by atoms with Crippen LogP contribution in [0.2, 0.25) is 0 Å². The van der Waals surface area contributed by atoms with Crippen molar-refractivity contribution in [3.05, 3.63) is 11.9 Å². The van der Waals surface area contributed by atoms with E-state index in [4.69, 9.17) is 4.74 Å². The van der Waals surface area contributed by atoms with Gasteiger partial charge in [-0.15, -0.1) is 0 Å². The summed E-state index contributed by atoms with van der Waals surface area (Å²) in [4.78, 5) is 4.58. The van der Waals surface area contributed by atoms with Gasteiger partial charge in [-0.25, -0.2) is 4.98 Å². The summed E-state index contributed by atoms with van der Waals surface area (Å²) in [6, 6.07) is 0.808. The molecule has 0 saturated carbocycles. The van der Waals surface area contributed by atoms with E-state index in [1.165, 1.54) is 12.8 Å². The van der Waals surface area contributed by atoms with Crippen molar-refractivity contribution in [2.45, 2.75) is 59.0 Å². The minimum absolute atomic E-state index is 0.273. The highest BCUT2D eigenvalue weighted by Gasteiger charge is 2.15. The third kappa shape index (κ3) is 4.02. The number of methoxy groups -OCH3 is 1. The summed E-state index contributed by atoms with van der Waals surface area (Å²) in [7, 11) is 1.72. The van der Waals surface area contributed by atoms with Crippen LogP contribution in [-0.2, 0) is 4.74 Å². The molecule has 1 heterocycles. The van der Waals surface area contributed by atoms with Crippen LogP contribution in [0.5, 0.6) is 0 Å². The van der Waals surface area contributed by atoms with Crippen LogP contribution in [0.25, 0.3) is 0 Å². The molecule has 0 saturated heterocycles. The van der Waals surface area contributed by atoms with E-state index in [0.717, 1.165) is 18.1 Å². The molecular formula is C14H27N3O. The number of hydrogen-bond donors (Lipinski definition) is 1. The summed E-state index contributed by atoms with van der Waals surface area (Å²) in [6.45, 7) is 9.31. The predicted octanol–water partition coefficient (Wildman–Crippen LogP) is 3.39. The lowest BCUT2D eigenvalue weighted by molar-refractivity contribution is 0.190. The molecular weight excluding hydrogens is 226 g/mol. The van der Waals surface area contributed by atoms with Gasteiger partial charge < -0.3 is 14.6 Å². The minimum Gasteiger partial charge on any atom is -0.383 e. The SMILES string of the molecule is CCCC(CC)n1cc(C)nc1NC(C)COC. The van der Waals surface area contributed by atoms with Gasteiger partial charge >= 0.3 is 0 Å². The molecule has 2 unspecified atom stereocenters. The summed E-state index contributed by atoms with van der Waals surface area (Å²) in [6.07, 6.45) is 5.67. The third-order valence-electron chi connectivity index (χ3n) is 3.13. The molecule has 0 spiro atoms. The monoisotopic (exact) mass is 253 g/mol. The fraction of sp³-hybridized carbons (Fsp3) is 0.786. The fourth-order valence-electron chi connectivity index (χ4n) is 2.29. The van der Waals surface area contributed by atoms with Crippen LogP contribution >= 0.6 is 0 Å². The zero-order valence-electron chi connectivity index (χ0n) is 12.4. The van der Waals surface area contributed by atoms with Gasteiger partial charge in [0.2, 0.25) is 5.95 Å². The Hall–Kier alpha value is -1.03. The number of rotatable bonds is 8. The summed E-state index contributed by atoms with van der Waals surface area (Å²) in [5.41, 5.74) is 1.07. The van der Waals surface area contributed by atoms with Gasteiger partial charge in [0.15, 0.2) is 0 Å². The summed E-state index contributed by atoms with van der Waals surface area (Å²) in [5.74, 6) is 0.970. The van der Waals surface area contributed by atoms with Crippen LogP contribution in [0, 0.1) is 6.92 Å². The van der Waals surface area contributed by atoms with E-state index < -0.39 is 0 Å². The maximum Gasteiger partial charge on any atom is 0.203 e. The second kappa shape index (κ2) is 7.41. The average Bonchev–Trinajstić information content (AvgIpc) is 2.67. The van der Waals surface area contributed by atoms with Crippen molar-refractivity contribution in [1.29, 1.82) is 0 Å². The highest BCUT2D eigenvalue weighted by atomic mass is 16.5. The first-order valence-electron chi connectivity index (χ1n) is 6.93. The molecule has 0 aliphatic heterocycles. The van der Waals surface area contributed by atoms with Gasteiger partial charge in [-0.2, -0.15) is 0 Å². The molecule has 4 nitrogen and oxygen atoms in total. The lowest BCUT2D eigenvalue weighted by Gasteiger charge is -2.21. The molecule has 0 aliphatic carbocycles. The zero-order chi connectivity index (χ0) is 13.5. The van der Waals surface area contributed by atoms with Crippen molar-refractivity contribution in [3.8, 4) is 0 Å². The first-order chi connectivity index (χ1) is 8.62. The lowest BCUT2D eigenvalue weighted by Crippen LogP contribution is -2.24. The summed E-state index contributed by atoms with van der Waals surface area (Å²) >= 11 is 0. The van der Waals surface area contributed by atoms with E-state index in [0.29, 0.717) is 12.6 Å². The number of nitrogens with one attached hydrogen (secondary N) is 1. The van der Waals surface area contributed by atoms with Crippen LogP contribution in [0.15, 0.2) is 6.20 Å². The van der Waals surface area contributed by atoms with Crippen LogP contribution in [0.4, 0.5) is 5.95 Å². The van der Waals surface area contributed by atoms with Gasteiger partial charge in [0, 0.05) is 25.4 Å². The molecule has 0 aliphatic rings. The van der Waals surface area contributed by atoms with Gasteiger partial charge in [0.05, 0.1) is 12.3 Å². The Bertz CT molecular complexity index is 349. The van der Waals surface area contributed by atoms with Crippen molar-refractivity contribution in [2.24, 2.45) is 0 Å². The van der Waals surface area contributed by atoms with Gasteiger partial charge in [-0.3, -0.25) is 0 Å². The molecule has 18 heavy (non-hydrogen) atoms. The van der Waals surface area contributed by atoms with E-state index in [2.05, 4.69) is 41.8 Å². The van der Waals surface area contributed by atoms with Crippen LogP contribution < -0.4 is 5.32 Å². The van der Waals surface area contributed by atoms with E-state index in [-0.39, 0.29) is 6.04 Å². The first kappa shape index (κ1) is 15.0. The number of anilines is 1. The highest BCUT2D eigenvalue weighted by molar-refractivity contribution is 5.30. The number of aryl methyl sites for hydroxylation is 1. The molecule has 0 radical (unpaired) electrons. The highest BCUT2D eigenvalue weighted by Crippen LogP contribution is 2.23. The van der Waals surface area contributed by atoms with Gasteiger partial charge in [-0.05, 0) is 26.7 Å². The Balaban J connectivity index is 2.83. The minimum atomic E-state index is 0.273. The standard InChI is InChI=1S/C14H27N3O/c1-6-8-13(7-2)17-9-11(3)15-14(17)16-12(4)10-18-5/h9,12-13H,6-8,10H2,1-5H3,(H,15,16). The molecule has 1 aromatic heterocycles. The van der Waals surface area contributed by atoms with Crippen molar-refractivity contribution >= 4 is 5.95 Å². The molecule has 0 bridgehead atoms. The number of aromatic nitrogens is 2. The van der Waals surface area contributed by atoms with E-state index in [9.17, 15) is 0 Å². The van der Waals surface area contributed by atoms with E-state index in [1.807, 2.05) is 6.92 Å². The summed E-state index contributed by atoms with van der Waals surface area (Å²) < 4.78 is 7.44. The fourth-order valence-corrected chi connectivity index (χ4v) is 2.29. The lowest BCUT2D eigenvalue weighted by atomic mass is 10.1. The van der Waals surface area contributed by atoms with Crippen LogP contribution in [0.1, 0.15) is 51.8 Å². The van der Waals surface area contributed by atoms with Crippen molar-refractivity contribution in [3.63, 3.8) is 0 Å². The topological polar surface area (TPSA) is 39.1 Å². The third-order valence-corrected chi connectivity index (χ3v) is 3.13. The van der Waals surface area contributed by atoms with Gasteiger partial charge in [0.1, 0.15) is 0 Å². The second-order valence-electron chi connectivity index (χ2n) is 4.96. The van der Waals surface area contributed by atoms with Crippen molar-refractivity contribution < 1.29 is 4.74 Å². The predicted molar refractivity (Wildman–Crippen MR) is 76.2 cm³/mol. The second-order valence-corrected chi connectivity index (χ2v) is 4.96. The average molecular weight is 253 g/mol. The molecule has 0 amide bonds. The van der Waals surface area contributed by atoms with Gasteiger partial charge in [-0.1, -0.05) is 20.3 Å². The largest absolute Gasteiger partial charge is 0.383 e. The molecule has 1 aromatic rings. The Morgan fingerprint density at radius 3 is 2.72 bits per heavy atom. The van der Waals surface area contributed by atoms with E-state index in [1.54, 1.807) is 7.11 Å². The molecule has 0 aromatic carbocycles. The van der Waals surface area contributed by atoms with Crippen LogP contribution in [-0.4, -0.2) is 29.3 Å². The zero-order valence-corrected chi connectivity index (χ0v) is 12.4. The maximum atomic E-state index is 5.16. The van der Waals surface area contributed by atoms with Crippen LogP contribution in [0.3, 0.4) is 0 Å². The number of hydrogen-bond acceptors (Lipinski definition) is 3. The van der Waals surface area contributed by atoms with Gasteiger partial charge in [0.25, 0.3) is 0 Å². The molecule has 4 heteroatoms. The summed E-state index contributed by atoms with van der Waals surface area (Å²) in [5, 5.41) is 3.43. The Morgan fingerprint density at radius 1 is 1.44 bits per heavy atom. The first-order valence-corrected chi connectivity index (χ1v) is 6.93. The molecule has 1 N–H and O–H groups in total. The smallest absolute Gasteiger partial charge is 0.203 e. The molecule has 104 valence electrons. The van der Waals surface area contributed by atoms with Crippen molar-refractivity contribution in [1.82, 2.24) is 9.55 Å². The Kier molecular flexibility index (Phi) is 6.19. The quantitative estimate of drug-likeness (QED) is 0.772. The number of ether oxygens (including phenoxy) is 1. The molecule has 0 fully saturated rings. The number of nitrogens with zero attached hydrogens (tertiary/aromatic N) is 2. The normalized spacial score (nSPS) is 14.5. The molecule has 2 atom stereocenters.